The second-order valence-corrected chi connectivity index (χ2v) is 3.88. The van der Waals surface area contributed by atoms with Crippen molar-refractivity contribution in [2.45, 2.75) is 0 Å². The Kier molecular flexibility index (Phi) is 3.21. The smallest absolute Gasteiger partial charge is 0.357 e. The third kappa shape index (κ3) is 2.51. The van der Waals surface area contributed by atoms with Gasteiger partial charge >= 0.3 is 5.97 Å². The van der Waals surface area contributed by atoms with Gasteiger partial charge in [-0.25, -0.2) is 4.79 Å². The van der Waals surface area contributed by atoms with Crippen molar-refractivity contribution in [1.82, 2.24) is 4.98 Å². The first kappa shape index (κ1) is 11.8. The van der Waals surface area contributed by atoms with Crippen LogP contribution in [-0.2, 0) is 0 Å². The quantitative estimate of drug-likeness (QED) is 0.896. The number of halogens is 2. The van der Waals surface area contributed by atoms with Gasteiger partial charge < -0.3 is 14.8 Å². The Morgan fingerprint density at radius 2 is 2.00 bits per heavy atom. The first-order chi connectivity index (χ1) is 8.08. The molecule has 0 spiro atoms. The Bertz CT molecular complexity index is 548. The molecule has 2 rings (SSSR count). The molecular weight excluding hydrogens is 267 g/mol. The highest BCUT2D eigenvalue weighted by atomic mass is 35.5. The first-order valence-corrected chi connectivity index (χ1v) is 5.23. The fourth-order valence-electron chi connectivity index (χ4n) is 1.15. The molecule has 0 amide bonds. The van der Waals surface area contributed by atoms with Gasteiger partial charge in [0.05, 0.1) is 15.7 Å². The molecule has 2 aromatic rings. The van der Waals surface area contributed by atoms with Crippen molar-refractivity contribution in [1.29, 1.82) is 0 Å². The second-order valence-electron chi connectivity index (χ2n) is 3.06. The molecule has 0 bridgehead atoms. The highest BCUT2D eigenvalue weighted by Gasteiger charge is 2.12. The molecule has 17 heavy (non-hydrogen) atoms. The van der Waals surface area contributed by atoms with Crippen LogP contribution < -0.4 is 5.32 Å². The SMILES string of the molecule is O=C(O)c1coc(Nc2c(Cl)cccc2Cl)n1. The number of aromatic carboxylic acids is 1. The van der Waals surface area contributed by atoms with E-state index in [2.05, 4.69) is 10.3 Å². The molecule has 0 atom stereocenters. The molecule has 5 nitrogen and oxygen atoms in total. The number of carbonyl (C=O) groups is 1. The number of para-hydroxylation sites is 1. The molecule has 0 aliphatic carbocycles. The van der Waals surface area contributed by atoms with Gasteiger partial charge in [-0.2, -0.15) is 4.98 Å². The van der Waals surface area contributed by atoms with Crippen LogP contribution >= 0.6 is 23.2 Å². The maximum atomic E-state index is 10.6. The van der Waals surface area contributed by atoms with Gasteiger partial charge in [0.25, 0.3) is 6.01 Å². The molecule has 2 N–H and O–H groups in total. The fourth-order valence-corrected chi connectivity index (χ4v) is 1.65. The summed E-state index contributed by atoms with van der Waals surface area (Å²) in [5, 5.41) is 12.1. The van der Waals surface area contributed by atoms with Crippen LogP contribution in [0.1, 0.15) is 10.5 Å². The molecule has 1 aromatic carbocycles. The number of benzene rings is 1. The Labute approximate surface area is 106 Å². The molecule has 0 saturated carbocycles. The lowest BCUT2D eigenvalue weighted by Crippen LogP contribution is -1.97. The van der Waals surface area contributed by atoms with Crippen molar-refractivity contribution in [2.24, 2.45) is 0 Å². The minimum atomic E-state index is -1.17. The summed E-state index contributed by atoms with van der Waals surface area (Å²) in [5.74, 6) is -1.17. The lowest BCUT2D eigenvalue weighted by Gasteiger charge is -2.05. The summed E-state index contributed by atoms with van der Waals surface area (Å²) in [7, 11) is 0. The van der Waals surface area contributed by atoms with E-state index >= 15 is 0 Å². The van der Waals surface area contributed by atoms with Crippen molar-refractivity contribution in [2.75, 3.05) is 5.32 Å². The largest absolute Gasteiger partial charge is 0.476 e. The van der Waals surface area contributed by atoms with E-state index in [9.17, 15) is 4.79 Å². The van der Waals surface area contributed by atoms with Gasteiger partial charge in [-0.1, -0.05) is 29.3 Å². The number of oxazole rings is 1. The van der Waals surface area contributed by atoms with E-state index in [-0.39, 0.29) is 11.7 Å². The molecule has 88 valence electrons. The molecule has 1 aromatic heterocycles. The zero-order valence-corrected chi connectivity index (χ0v) is 9.79. The van der Waals surface area contributed by atoms with E-state index in [0.717, 1.165) is 6.26 Å². The molecular formula is C10H6Cl2N2O3. The first-order valence-electron chi connectivity index (χ1n) is 4.48. The number of anilines is 2. The number of carboxylic acids is 1. The lowest BCUT2D eigenvalue weighted by atomic mass is 10.3. The van der Waals surface area contributed by atoms with E-state index in [4.69, 9.17) is 32.7 Å². The number of rotatable bonds is 3. The van der Waals surface area contributed by atoms with Gasteiger partial charge in [0, 0.05) is 0 Å². The zero-order valence-electron chi connectivity index (χ0n) is 8.28. The van der Waals surface area contributed by atoms with Gasteiger partial charge in [0.15, 0.2) is 5.69 Å². The molecule has 0 fully saturated rings. The minimum absolute atomic E-state index is 0.0115. The van der Waals surface area contributed by atoms with Gasteiger partial charge in [0.1, 0.15) is 6.26 Å². The monoisotopic (exact) mass is 272 g/mol. The molecule has 1 heterocycles. The van der Waals surface area contributed by atoms with Crippen LogP contribution in [0.25, 0.3) is 0 Å². The van der Waals surface area contributed by atoms with Gasteiger partial charge in [-0.15, -0.1) is 0 Å². The predicted molar refractivity (Wildman–Crippen MR) is 63.2 cm³/mol. The zero-order chi connectivity index (χ0) is 12.4. The molecule has 0 aliphatic heterocycles. The van der Waals surface area contributed by atoms with Gasteiger partial charge in [-0.05, 0) is 12.1 Å². The topological polar surface area (TPSA) is 75.4 Å². The Hall–Kier alpha value is -1.72. The van der Waals surface area contributed by atoms with Gasteiger partial charge in [-0.3, -0.25) is 0 Å². The number of nitrogens with one attached hydrogen (secondary N) is 1. The number of hydrogen-bond acceptors (Lipinski definition) is 4. The minimum Gasteiger partial charge on any atom is -0.476 e. The summed E-state index contributed by atoms with van der Waals surface area (Å²) in [5.41, 5.74) is 0.213. The maximum absolute atomic E-state index is 10.6. The summed E-state index contributed by atoms with van der Waals surface area (Å²) in [6.07, 6.45) is 1.02. The molecule has 0 unspecified atom stereocenters. The average molecular weight is 273 g/mol. The molecule has 7 heteroatoms. The van der Waals surface area contributed by atoms with E-state index in [1.807, 2.05) is 0 Å². The average Bonchev–Trinajstić information content (AvgIpc) is 2.72. The standard InChI is InChI=1S/C10H6Cl2N2O3/c11-5-2-1-3-6(12)8(5)14-10-13-7(4-17-10)9(15)16/h1-4H,(H,13,14)(H,15,16). The second kappa shape index (κ2) is 4.65. The van der Waals surface area contributed by atoms with Crippen molar-refractivity contribution in [3.8, 4) is 0 Å². The van der Waals surface area contributed by atoms with Gasteiger partial charge in [0.2, 0.25) is 0 Å². The lowest BCUT2D eigenvalue weighted by molar-refractivity contribution is 0.0690. The summed E-state index contributed by atoms with van der Waals surface area (Å²) >= 11 is 11.8. The third-order valence-electron chi connectivity index (χ3n) is 1.92. The Morgan fingerprint density at radius 1 is 1.35 bits per heavy atom. The third-order valence-corrected chi connectivity index (χ3v) is 2.55. The van der Waals surface area contributed by atoms with Crippen molar-refractivity contribution in [3.63, 3.8) is 0 Å². The summed E-state index contributed by atoms with van der Waals surface area (Å²) in [6.45, 7) is 0. The predicted octanol–water partition coefficient (Wildman–Crippen LogP) is 3.42. The molecule has 0 radical (unpaired) electrons. The van der Waals surface area contributed by atoms with Crippen LogP contribution in [-0.4, -0.2) is 16.1 Å². The van der Waals surface area contributed by atoms with Crippen LogP contribution in [0, 0.1) is 0 Å². The van der Waals surface area contributed by atoms with Crippen molar-refractivity contribution in [3.05, 3.63) is 40.2 Å². The Morgan fingerprint density at radius 3 is 2.53 bits per heavy atom. The highest BCUT2D eigenvalue weighted by Crippen LogP contribution is 2.32. The number of hydrogen-bond donors (Lipinski definition) is 2. The van der Waals surface area contributed by atoms with Crippen LogP contribution in [0.5, 0.6) is 0 Å². The number of carboxylic acid groups (broad SMARTS) is 1. The van der Waals surface area contributed by atoms with Crippen molar-refractivity contribution < 1.29 is 14.3 Å². The number of aromatic nitrogens is 1. The van der Waals surface area contributed by atoms with Crippen LogP contribution in [0.4, 0.5) is 11.7 Å². The number of nitrogens with zero attached hydrogens (tertiary/aromatic N) is 1. The molecule has 0 aliphatic rings. The normalized spacial score (nSPS) is 10.2. The van der Waals surface area contributed by atoms with E-state index in [1.165, 1.54) is 0 Å². The Balaban J connectivity index is 2.28. The van der Waals surface area contributed by atoms with Crippen LogP contribution in [0.15, 0.2) is 28.9 Å². The van der Waals surface area contributed by atoms with Crippen LogP contribution in [0.3, 0.4) is 0 Å². The summed E-state index contributed by atoms with van der Waals surface area (Å²) in [4.78, 5) is 14.3. The maximum Gasteiger partial charge on any atom is 0.357 e. The molecule has 0 saturated heterocycles. The summed E-state index contributed by atoms with van der Waals surface area (Å²) in [6, 6.07) is 4.97. The highest BCUT2D eigenvalue weighted by molar-refractivity contribution is 6.39. The van der Waals surface area contributed by atoms with E-state index in [0.29, 0.717) is 15.7 Å². The fraction of sp³-hybridized carbons (Fsp3) is 0. The summed E-state index contributed by atoms with van der Waals surface area (Å²) < 4.78 is 4.92. The van der Waals surface area contributed by atoms with E-state index < -0.39 is 5.97 Å². The van der Waals surface area contributed by atoms with Crippen LogP contribution in [0.2, 0.25) is 10.0 Å². The van der Waals surface area contributed by atoms with E-state index in [1.54, 1.807) is 18.2 Å². The van der Waals surface area contributed by atoms with Crippen molar-refractivity contribution >= 4 is 40.9 Å².